The largest absolute Gasteiger partial charge is 0.497 e. The molecule has 1 saturated heterocycles. The zero-order valence-electron chi connectivity index (χ0n) is 19.0. The van der Waals surface area contributed by atoms with Gasteiger partial charge in [-0.3, -0.25) is 4.79 Å². The van der Waals surface area contributed by atoms with Crippen LogP contribution >= 0.6 is 11.6 Å². The van der Waals surface area contributed by atoms with E-state index < -0.39 is 11.9 Å². The summed E-state index contributed by atoms with van der Waals surface area (Å²) in [7, 11) is 1.49. The van der Waals surface area contributed by atoms with Gasteiger partial charge in [0.05, 0.1) is 25.3 Å². The molecule has 3 heterocycles. The maximum Gasteiger partial charge on any atom is 0.336 e. The minimum absolute atomic E-state index is 0.0397. The Balaban J connectivity index is 1.92. The van der Waals surface area contributed by atoms with E-state index in [0.29, 0.717) is 40.9 Å². The van der Waals surface area contributed by atoms with Crippen LogP contribution in [0.5, 0.6) is 0 Å². The number of amides is 1. The van der Waals surface area contributed by atoms with Gasteiger partial charge in [-0.25, -0.2) is 9.78 Å². The average Bonchev–Trinajstić information content (AvgIpc) is 3.32. The third-order valence-corrected chi connectivity index (χ3v) is 6.11. The van der Waals surface area contributed by atoms with E-state index in [9.17, 15) is 9.59 Å². The van der Waals surface area contributed by atoms with Crippen LogP contribution in [0, 0.1) is 0 Å². The molecular formula is C25H29ClN2O5. The van der Waals surface area contributed by atoms with E-state index in [1.54, 1.807) is 42.3 Å². The Labute approximate surface area is 199 Å². The van der Waals surface area contributed by atoms with Gasteiger partial charge in [0.25, 0.3) is 0 Å². The summed E-state index contributed by atoms with van der Waals surface area (Å²) >= 11 is 5.94. The molecule has 1 aromatic rings. The lowest BCUT2D eigenvalue weighted by atomic mass is 9.84. The number of carbonyl (C=O) groups is 2. The smallest absolute Gasteiger partial charge is 0.336 e. The summed E-state index contributed by atoms with van der Waals surface area (Å²) < 4.78 is 16.5. The van der Waals surface area contributed by atoms with E-state index in [1.165, 1.54) is 7.11 Å². The van der Waals surface area contributed by atoms with E-state index in [-0.39, 0.29) is 25.0 Å². The Morgan fingerprint density at radius 3 is 2.82 bits per heavy atom. The molecule has 0 aromatic carbocycles. The Hall–Kier alpha value is -2.90. The van der Waals surface area contributed by atoms with Crippen molar-refractivity contribution < 1.29 is 23.8 Å². The number of nitrogens with zero attached hydrogens (tertiary/aromatic N) is 2. The Morgan fingerprint density at radius 1 is 1.42 bits per heavy atom. The van der Waals surface area contributed by atoms with Crippen molar-refractivity contribution in [3.63, 3.8) is 0 Å². The topological polar surface area (TPSA) is 78.0 Å². The minimum atomic E-state index is -0.517. The summed E-state index contributed by atoms with van der Waals surface area (Å²) in [5.74, 6) is -0.700. The fourth-order valence-corrected chi connectivity index (χ4v) is 4.20. The minimum Gasteiger partial charge on any atom is -0.497 e. The normalized spacial score (nSPS) is 21.2. The van der Waals surface area contributed by atoms with Crippen molar-refractivity contribution in [3.8, 4) is 0 Å². The molecule has 8 heteroatoms. The molecule has 33 heavy (non-hydrogen) atoms. The third-order valence-electron chi connectivity index (χ3n) is 5.89. The lowest BCUT2D eigenvalue weighted by molar-refractivity contribution is -0.139. The number of rotatable bonds is 9. The number of hydrogen-bond acceptors (Lipinski definition) is 6. The molecule has 2 aliphatic rings. The molecule has 0 spiro atoms. The zero-order valence-corrected chi connectivity index (χ0v) is 19.8. The van der Waals surface area contributed by atoms with Crippen molar-refractivity contribution in [1.82, 2.24) is 9.88 Å². The quantitative estimate of drug-likeness (QED) is 0.230. The van der Waals surface area contributed by atoms with Gasteiger partial charge in [-0.2, -0.15) is 0 Å². The molecule has 1 fully saturated rings. The molecule has 3 rings (SSSR count). The van der Waals surface area contributed by atoms with E-state index in [4.69, 9.17) is 25.8 Å². The van der Waals surface area contributed by atoms with Gasteiger partial charge in [0, 0.05) is 36.4 Å². The number of allylic oxidation sites excluding steroid dienone is 3. The van der Waals surface area contributed by atoms with Crippen molar-refractivity contribution in [2.24, 2.45) is 0 Å². The molecule has 0 saturated carbocycles. The first-order valence-corrected chi connectivity index (χ1v) is 11.2. The first-order valence-electron chi connectivity index (χ1n) is 10.8. The van der Waals surface area contributed by atoms with Crippen molar-refractivity contribution in [2.75, 3.05) is 26.9 Å². The maximum absolute atomic E-state index is 13.3. The third kappa shape index (κ3) is 5.92. The molecule has 0 N–H and O–H groups in total. The highest BCUT2D eigenvalue weighted by Gasteiger charge is 2.38. The number of pyridine rings is 1. The molecule has 2 aliphatic heterocycles. The second kappa shape index (κ2) is 11.3. The molecule has 0 bridgehead atoms. The van der Waals surface area contributed by atoms with Gasteiger partial charge in [-0.15, -0.1) is 0 Å². The number of aromatic nitrogens is 1. The first-order chi connectivity index (χ1) is 15.8. The van der Waals surface area contributed by atoms with Crippen LogP contribution in [0.4, 0.5) is 0 Å². The Kier molecular flexibility index (Phi) is 8.47. The summed E-state index contributed by atoms with van der Waals surface area (Å²) in [6, 6.07) is 3.42. The average molecular weight is 473 g/mol. The molecule has 0 aliphatic carbocycles. The molecule has 0 unspecified atom stereocenters. The summed E-state index contributed by atoms with van der Waals surface area (Å²) in [6.07, 6.45) is 6.77. The van der Waals surface area contributed by atoms with Crippen LogP contribution in [-0.2, 0) is 23.8 Å². The van der Waals surface area contributed by atoms with Gasteiger partial charge in [0.2, 0.25) is 5.91 Å². The monoisotopic (exact) mass is 472 g/mol. The number of esters is 1. The van der Waals surface area contributed by atoms with Crippen LogP contribution < -0.4 is 0 Å². The van der Waals surface area contributed by atoms with Gasteiger partial charge in [0.1, 0.15) is 17.5 Å². The second-order valence-electron chi connectivity index (χ2n) is 7.94. The van der Waals surface area contributed by atoms with E-state index in [0.717, 1.165) is 18.4 Å². The van der Waals surface area contributed by atoms with Crippen LogP contribution in [0.15, 0.2) is 66.2 Å². The summed E-state index contributed by atoms with van der Waals surface area (Å²) in [5.41, 5.74) is 2.29. The first kappa shape index (κ1) is 24.7. The molecule has 7 nitrogen and oxygen atoms in total. The Morgan fingerprint density at radius 2 is 2.21 bits per heavy atom. The second-order valence-corrected chi connectivity index (χ2v) is 8.33. The predicted molar refractivity (Wildman–Crippen MR) is 125 cm³/mol. The number of ether oxygens (including phenoxy) is 3. The Bertz CT molecular complexity index is 977. The van der Waals surface area contributed by atoms with E-state index >= 15 is 0 Å². The van der Waals surface area contributed by atoms with Gasteiger partial charge in [-0.1, -0.05) is 43.0 Å². The van der Waals surface area contributed by atoms with Crippen LogP contribution in [-0.4, -0.2) is 54.7 Å². The van der Waals surface area contributed by atoms with Gasteiger partial charge in [-0.05, 0) is 31.4 Å². The lowest BCUT2D eigenvalue weighted by Crippen LogP contribution is -2.42. The standard InChI is InChI=1S/C25H29ClN2O5/c1-5-7-19(17(3)31-4)15-33-25(30)24-16(2)28(14-20-8-6-11-32-20)23(29)12-21(24)18-9-10-22(26)27-13-18/h5,7,9-10,13,20-21H,1,3,6,8,11-12,14-15H2,2,4H3/b19-7-/t20-,21+/m1/s1. The van der Waals surface area contributed by atoms with E-state index in [1.807, 2.05) is 0 Å². The van der Waals surface area contributed by atoms with Crippen molar-refractivity contribution in [1.29, 1.82) is 0 Å². The summed E-state index contributed by atoms with van der Waals surface area (Å²) in [5, 5.41) is 0.336. The zero-order chi connectivity index (χ0) is 24.0. The molecule has 176 valence electrons. The highest BCUT2D eigenvalue weighted by molar-refractivity contribution is 6.29. The van der Waals surface area contributed by atoms with Gasteiger partial charge >= 0.3 is 5.97 Å². The van der Waals surface area contributed by atoms with Gasteiger partial charge in [0.15, 0.2) is 0 Å². The van der Waals surface area contributed by atoms with Crippen molar-refractivity contribution in [3.05, 3.63) is 77.0 Å². The molecule has 1 amide bonds. The summed E-state index contributed by atoms with van der Waals surface area (Å²) in [6.45, 7) is 10.3. The van der Waals surface area contributed by atoms with Crippen molar-refractivity contribution >= 4 is 23.5 Å². The molecule has 2 atom stereocenters. The number of methoxy groups -OCH3 is 1. The SMILES string of the molecule is C=C/C=C(/COC(=O)C1=C(C)N(C[C@H]2CCCO2)C(=O)C[C@H]1c1ccc(Cl)nc1)C(=C)OC. The molecule has 0 radical (unpaired) electrons. The lowest BCUT2D eigenvalue weighted by Gasteiger charge is -2.35. The van der Waals surface area contributed by atoms with Crippen LogP contribution in [0.1, 0.15) is 37.7 Å². The van der Waals surface area contributed by atoms with Crippen LogP contribution in [0.3, 0.4) is 0 Å². The highest BCUT2D eigenvalue weighted by Crippen LogP contribution is 2.37. The fraction of sp³-hybridized carbons (Fsp3) is 0.400. The highest BCUT2D eigenvalue weighted by atomic mass is 35.5. The van der Waals surface area contributed by atoms with E-state index in [2.05, 4.69) is 18.1 Å². The predicted octanol–water partition coefficient (Wildman–Crippen LogP) is 4.32. The fourth-order valence-electron chi connectivity index (χ4n) is 4.09. The van der Waals surface area contributed by atoms with Crippen molar-refractivity contribution in [2.45, 2.75) is 38.2 Å². The molecular weight excluding hydrogens is 444 g/mol. The number of carbonyl (C=O) groups excluding carboxylic acids is 2. The van der Waals surface area contributed by atoms with Crippen LogP contribution in [0.2, 0.25) is 5.15 Å². The van der Waals surface area contributed by atoms with Crippen LogP contribution in [0.25, 0.3) is 0 Å². The maximum atomic E-state index is 13.3. The summed E-state index contributed by atoms with van der Waals surface area (Å²) in [4.78, 5) is 32.2. The number of hydrogen-bond donors (Lipinski definition) is 0. The number of halogens is 1. The van der Waals surface area contributed by atoms with Gasteiger partial charge < -0.3 is 19.1 Å². The molecule has 1 aromatic heterocycles.